The largest absolute Gasteiger partial charge is 0.486 e. The van der Waals surface area contributed by atoms with E-state index in [2.05, 4.69) is 15.2 Å². The molecule has 1 aliphatic heterocycles. The van der Waals surface area contributed by atoms with E-state index in [0.717, 1.165) is 22.9 Å². The molecule has 0 atom stereocenters. The summed E-state index contributed by atoms with van der Waals surface area (Å²) in [6.45, 7) is 1.17. The second kappa shape index (κ2) is 3.73. The van der Waals surface area contributed by atoms with E-state index in [1.54, 1.807) is 0 Å². The minimum atomic E-state index is 0.572. The highest BCUT2D eigenvalue weighted by Gasteiger charge is 2.28. The number of benzene rings is 1. The summed E-state index contributed by atoms with van der Waals surface area (Å²) in [6, 6.07) is 5.82. The van der Waals surface area contributed by atoms with Gasteiger partial charge in [0.1, 0.15) is 19.0 Å². The molecule has 18 heavy (non-hydrogen) atoms. The lowest BCUT2D eigenvalue weighted by molar-refractivity contribution is 0.172. The van der Waals surface area contributed by atoms with Crippen LogP contribution in [0.4, 0.5) is 0 Å². The van der Waals surface area contributed by atoms with E-state index in [1.165, 1.54) is 12.8 Å². The van der Waals surface area contributed by atoms with Gasteiger partial charge in [-0.3, -0.25) is 5.10 Å². The number of nitrogens with zero attached hydrogens (tertiary/aromatic N) is 2. The zero-order chi connectivity index (χ0) is 11.9. The first-order valence-electron chi connectivity index (χ1n) is 6.23. The molecule has 5 nitrogen and oxygen atoms in total. The van der Waals surface area contributed by atoms with Crippen LogP contribution >= 0.6 is 0 Å². The Labute approximate surface area is 104 Å². The van der Waals surface area contributed by atoms with Gasteiger partial charge in [-0.1, -0.05) is 6.07 Å². The van der Waals surface area contributed by atoms with Gasteiger partial charge in [-0.05, 0) is 25.0 Å². The molecule has 0 saturated heterocycles. The molecule has 0 amide bonds. The van der Waals surface area contributed by atoms with Gasteiger partial charge in [0.25, 0.3) is 0 Å². The Balaban J connectivity index is 1.78. The Kier molecular flexibility index (Phi) is 2.06. The first kappa shape index (κ1) is 9.94. The van der Waals surface area contributed by atoms with Crippen molar-refractivity contribution < 1.29 is 9.47 Å². The standard InChI is InChI=1S/C13H13N3O2/c1-2-9(11-10(3-1)17-6-7-18-11)13-14-12(15-16-13)8-4-5-8/h1-3,8H,4-7H2,(H,14,15,16). The maximum absolute atomic E-state index is 5.68. The number of H-pyrrole nitrogens is 1. The Bertz CT molecular complexity index is 590. The predicted octanol–water partition coefficient (Wildman–Crippen LogP) is 2.12. The first-order valence-corrected chi connectivity index (χ1v) is 6.23. The van der Waals surface area contributed by atoms with Gasteiger partial charge in [0.15, 0.2) is 17.3 Å². The van der Waals surface area contributed by atoms with Crippen LogP contribution in [0.25, 0.3) is 11.4 Å². The number of para-hydroxylation sites is 1. The van der Waals surface area contributed by atoms with Crippen molar-refractivity contribution in [1.82, 2.24) is 15.2 Å². The molecule has 0 radical (unpaired) electrons. The van der Waals surface area contributed by atoms with Crippen LogP contribution in [0.1, 0.15) is 24.6 Å². The van der Waals surface area contributed by atoms with E-state index in [1.807, 2.05) is 18.2 Å². The Morgan fingerprint density at radius 3 is 2.94 bits per heavy atom. The molecular weight excluding hydrogens is 230 g/mol. The zero-order valence-corrected chi connectivity index (χ0v) is 9.85. The fraction of sp³-hybridized carbons (Fsp3) is 0.385. The lowest BCUT2D eigenvalue weighted by Gasteiger charge is -2.19. The molecule has 2 aliphatic rings. The molecule has 4 rings (SSSR count). The number of fused-ring (bicyclic) bond motifs is 1. The molecule has 0 unspecified atom stereocenters. The van der Waals surface area contributed by atoms with Gasteiger partial charge < -0.3 is 9.47 Å². The zero-order valence-electron chi connectivity index (χ0n) is 9.85. The number of hydrogen-bond acceptors (Lipinski definition) is 4. The van der Waals surface area contributed by atoms with Gasteiger partial charge in [0.2, 0.25) is 0 Å². The highest BCUT2D eigenvalue weighted by atomic mass is 16.6. The average molecular weight is 243 g/mol. The van der Waals surface area contributed by atoms with E-state index in [4.69, 9.17) is 9.47 Å². The van der Waals surface area contributed by atoms with E-state index >= 15 is 0 Å². The van der Waals surface area contributed by atoms with Crippen molar-refractivity contribution in [2.24, 2.45) is 0 Å². The van der Waals surface area contributed by atoms with Crippen molar-refractivity contribution in [3.8, 4) is 22.9 Å². The van der Waals surface area contributed by atoms with Gasteiger partial charge in [0.05, 0.1) is 5.56 Å². The minimum Gasteiger partial charge on any atom is -0.486 e. The molecule has 1 fully saturated rings. The normalized spacial score (nSPS) is 17.8. The van der Waals surface area contributed by atoms with Crippen LogP contribution < -0.4 is 9.47 Å². The van der Waals surface area contributed by atoms with Gasteiger partial charge in [-0.25, -0.2) is 4.98 Å². The molecule has 0 bridgehead atoms. The van der Waals surface area contributed by atoms with Crippen molar-refractivity contribution in [3.05, 3.63) is 24.0 Å². The van der Waals surface area contributed by atoms with Crippen LogP contribution in [0.3, 0.4) is 0 Å². The van der Waals surface area contributed by atoms with E-state index in [-0.39, 0.29) is 0 Å². The van der Waals surface area contributed by atoms with Crippen LogP contribution in [0.5, 0.6) is 11.5 Å². The Morgan fingerprint density at radius 1 is 1.17 bits per heavy atom. The molecule has 0 spiro atoms. The fourth-order valence-corrected chi connectivity index (χ4v) is 2.18. The van der Waals surface area contributed by atoms with Crippen LogP contribution in [0, 0.1) is 0 Å². The van der Waals surface area contributed by atoms with Crippen molar-refractivity contribution in [2.75, 3.05) is 13.2 Å². The van der Waals surface area contributed by atoms with Gasteiger partial charge in [-0.2, -0.15) is 5.10 Å². The number of aromatic amines is 1. The summed E-state index contributed by atoms with van der Waals surface area (Å²) in [7, 11) is 0. The molecule has 1 saturated carbocycles. The molecule has 1 aromatic heterocycles. The topological polar surface area (TPSA) is 60.0 Å². The molecule has 1 N–H and O–H groups in total. The third-order valence-electron chi connectivity index (χ3n) is 3.27. The summed E-state index contributed by atoms with van der Waals surface area (Å²) < 4.78 is 11.2. The van der Waals surface area contributed by atoms with Gasteiger partial charge in [-0.15, -0.1) is 0 Å². The van der Waals surface area contributed by atoms with E-state index in [9.17, 15) is 0 Å². The molecule has 2 heterocycles. The van der Waals surface area contributed by atoms with E-state index in [0.29, 0.717) is 25.0 Å². The third-order valence-corrected chi connectivity index (χ3v) is 3.27. The lowest BCUT2D eigenvalue weighted by Crippen LogP contribution is -2.15. The van der Waals surface area contributed by atoms with Gasteiger partial charge >= 0.3 is 0 Å². The van der Waals surface area contributed by atoms with Crippen LogP contribution in [0.15, 0.2) is 18.2 Å². The molecule has 5 heteroatoms. The van der Waals surface area contributed by atoms with E-state index < -0.39 is 0 Å². The summed E-state index contributed by atoms with van der Waals surface area (Å²) in [5.41, 5.74) is 0.898. The predicted molar refractivity (Wildman–Crippen MR) is 64.8 cm³/mol. The average Bonchev–Trinajstić information content (AvgIpc) is 3.16. The summed E-state index contributed by atoms with van der Waals surface area (Å²) in [6.07, 6.45) is 2.42. The van der Waals surface area contributed by atoms with Crippen molar-refractivity contribution in [3.63, 3.8) is 0 Å². The summed E-state index contributed by atoms with van der Waals surface area (Å²) in [5, 5.41) is 7.30. The molecule has 1 aliphatic carbocycles. The highest BCUT2D eigenvalue weighted by molar-refractivity contribution is 5.68. The third kappa shape index (κ3) is 1.54. The van der Waals surface area contributed by atoms with Crippen LogP contribution in [-0.2, 0) is 0 Å². The second-order valence-corrected chi connectivity index (χ2v) is 4.65. The first-order chi connectivity index (χ1) is 8.92. The fourth-order valence-electron chi connectivity index (χ4n) is 2.18. The summed E-state index contributed by atoms with van der Waals surface area (Å²) >= 11 is 0. The lowest BCUT2D eigenvalue weighted by atomic mass is 10.1. The number of hydrogen-bond donors (Lipinski definition) is 1. The quantitative estimate of drug-likeness (QED) is 0.877. The Hall–Kier alpha value is -2.04. The molecule has 1 aromatic carbocycles. The maximum Gasteiger partial charge on any atom is 0.185 e. The maximum atomic E-state index is 5.68. The molecular formula is C13H13N3O2. The van der Waals surface area contributed by atoms with Crippen LogP contribution in [0.2, 0.25) is 0 Å². The Morgan fingerprint density at radius 2 is 2.06 bits per heavy atom. The molecule has 92 valence electrons. The highest BCUT2D eigenvalue weighted by Crippen LogP contribution is 2.41. The SMILES string of the molecule is c1cc2c(c(-c3n[nH]c(C4CC4)n3)c1)OCCO2. The smallest absolute Gasteiger partial charge is 0.185 e. The second-order valence-electron chi connectivity index (χ2n) is 4.65. The number of ether oxygens (including phenoxy) is 2. The van der Waals surface area contributed by atoms with Gasteiger partial charge in [0, 0.05) is 5.92 Å². The number of rotatable bonds is 2. The molecule has 2 aromatic rings. The summed E-state index contributed by atoms with van der Waals surface area (Å²) in [4.78, 5) is 4.55. The minimum absolute atomic E-state index is 0.572. The van der Waals surface area contributed by atoms with Crippen LogP contribution in [-0.4, -0.2) is 28.4 Å². The van der Waals surface area contributed by atoms with Crippen molar-refractivity contribution >= 4 is 0 Å². The van der Waals surface area contributed by atoms with Crippen molar-refractivity contribution in [2.45, 2.75) is 18.8 Å². The number of aromatic nitrogens is 3. The summed E-state index contributed by atoms with van der Waals surface area (Å²) in [5.74, 6) is 3.78. The van der Waals surface area contributed by atoms with Crippen molar-refractivity contribution in [1.29, 1.82) is 0 Å². The number of nitrogens with one attached hydrogen (secondary N) is 1. The monoisotopic (exact) mass is 243 g/mol.